The molecule has 1 fully saturated rings. The molecule has 1 aromatic rings. The maximum absolute atomic E-state index is 12.5. The molecule has 2 rings (SSSR count). The standard InChI is InChI=1S/C16H28N6O5S.HI/c1-3-17-16(19-12-15(23)18-5-11-26-2)21-6-8-22(9-7-21)28(24,25)13-14-4-10-27-20-14;/h4,10H,3,5-9,11-13H2,1-2H3,(H,17,19)(H,18,23);1H. The number of rotatable bonds is 9. The van der Waals surface area contributed by atoms with E-state index in [4.69, 9.17) is 9.26 Å². The predicted octanol–water partition coefficient (Wildman–Crippen LogP) is -0.532. The molecule has 0 bridgehead atoms. The highest BCUT2D eigenvalue weighted by molar-refractivity contribution is 14.0. The van der Waals surface area contributed by atoms with Gasteiger partial charge in [0, 0.05) is 52.4 Å². The van der Waals surface area contributed by atoms with E-state index in [0.717, 1.165) is 0 Å². The zero-order chi connectivity index (χ0) is 20.4. The number of sulfonamides is 1. The van der Waals surface area contributed by atoms with Crippen molar-refractivity contribution in [2.75, 3.05) is 59.5 Å². The average Bonchev–Trinajstić information content (AvgIpc) is 3.18. The quantitative estimate of drug-likeness (QED) is 0.184. The zero-order valence-electron chi connectivity index (χ0n) is 16.7. The number of hydrogen-bond donors (Lipinski definition) is 2. The van der Waals surface area contributed by atoms with Crippen LogP contribution in [0.5, 0.6) is 0 Å². The molecule has 29 heavy (non-hydrogen) atoms. The second kappa shape index (κ2) is 13.0. The van der Waals surface area contributed by atoms with Crippen LogP contribution in [0.15, 0.2) is 21.8 Å². The molecular weight excluding hydrogens is 515 g/mol. The molecule has 0 spiro atoms. The van der Waals surface area contributed by atoms with Gasteiger partial charge in [0.25, 0.3) is 0 Å². The number of nitrogens with zero attached hydrogens (tertiary/aromatic N) is 4. The third-order valence-electron chi connectivity index (χ3n) is 4.09. The molecule has 166 valence electrons. The van der Waals surface area contributed by atoms with Gasteiger partial charge in [0.05, 0.1) is 12.3 Å². The summed E-state index contributed by atoms with van der Waals surface area (Å²) < 4.78 is 36.1. The molecule has 0 radical (unpaired) electrons. The maximum atomic E-state index is 12.5. The van der Waals surface area contributed by atoms with Gasteiger partial charge in [-0.3, -0.25) is 4.79 Å². The van der Waals surface area contributed by atoms with Crippen molar-refractivity contribution in [1.82, 2.24) is 25.0 Å². The lowest BCUT2D eigenvalue weighted by atomic mass is 10.4. The highest BCUT2D eigenvalue weighted by Crippen LogP contribution is 2.12. The first-order valence-corrected chi connectivity index (χ1v) is 10.7. The summed E-state index contributed by atoms with van der Waals surface area (Å²) in [6, 6.07) is 1.54. The Morgan fingerprint density at radius 1 is 1.31 bits per heavy atom. The number of aromatic nitrogens is 1. The van der Waals surface area contributed by atoms with Crippen molar-refractivity contribution in [3.63, 3.8) is 0 Å². The number of carbonyl (C=O) groups excluding carboxylic acids is 1. The highest BCUT2D eigenvalue weighted by Gasteiger charge is 2.29. The normalized spacial score (nSPS) is 15.7. The van der Waals surface area contributed by atoms with Crippen LogP contribution in [0.3, 0.4) is 0 Å². The Bertz CT molecular complexity index is 735. The number of ether oxygens (including phenoxy) is 1. The van der Waals surface area contributed by atoms with Gasteiger partial charge >= 0.3 is 0 Å². The van der Waals surface area contributed by atoms with Gasteiger partial charge in [-0.25, -0.2) is 13.4 Å². The Labute approximate surface area is 188 Å². The summed E-state index contributed by atoms with van der Waals surface area (Å²) in [7, 11) is -1.89. The fraction of sp³-hybridized carbons (Fsp3) is 0.688. The van der Waals surface area contributed by atoms with E-state index in [1.807, 2.05) is 11.8 Å². The van der Waals surface area contributed by atoms with Crippen molar-refractivity contribution in [2.24, 2.45) is 4.99 Å². The molecule has 1 aromatic heterocycles. The van der Waals surface area contributed by atoms with E-state index >= 15 is 0 Å². The van der Waals surface area contributed by atoms with Crippen LogP contribution in [0, 0.1) is 0 Å². The molecule has 1 aliphatic rings. The Hall–Kier alpha value is -1.45. The second-order valence-corrected chi connectivity index (χ2v) is 8.11. The number of piperazine rings is 1. The molecule has 2 N–H and O–H groups in total. The SMILES string of the molecule is CCNC(=NCC(=O)NCCOC)N1CCN(S(=O)(=O)Cc2ccon2)CC1.I. The molecule has 0 aromatic carbocycles. The van der Waals surface area contributed by atoms with Crippen LogP contribution in [-0.2, 0) is 25.3 Å². The van der Waals surface area contributed by atoms with Crippen molar-refractivity contribution in [1.29, 1.82) is 0 Å². The van der Waals surface area contributed by atoms with Crippen LogP contribution in [0.1, 0.15) is 12.6 Å². The van der Waals surface area contributed by atoms with E-state index < -0.39 is 10.0 Å². The van der Waals surface area contributed by atoms with Gasteiger partial charge in [-0.1, -0.05) is 5.16 Å². The largest absolute Gasteiger partial charge is 0.383 e. The number of guanidine groups is 1. The second-order valence-electron chi connectivity index (χ2n) is 6.15. The predicted molar refractivity (Wildman–Crippen MR) is 119 cm³/mol. The van der Waals surface area contributed by atoms with Crippen molar-refractivity contribution in [3.8, 4) is 0 Å². The Morgan fingerprint density at radius 3 is 2.62 bits per heavy atom. The van der Waals surface area contributed by atoms with Gasteiger partial charge in [0.2, 0.25) is 15.9 Å². The van der Waals surface area contributed by atoms with Gasteiger partial charge in [0.15, 0.2) is 5.96 Å². The third-order valence-corrected chi connectivity index (χ3v) is 5.90. The van der Waals surface area contributed by atoms with E-state index in [2.05, 4.69) is 20.8 Å². The minimum atomic E-state index is -3.46. The number of hydrogen-bond acceptors (Lipinski definition) is 7. The van der Waals surface area contributed by atoms with Crippen LogP contribution in [0.25, 0.3) is 0 Å². The van der Waals surface area contributed by atoms with Crippen LogP contribution in [0.2, 0.25) is 0 Å². The van der Waals surface area contributed by atoms with Gasteiger partial charge in [0.1, 0.15) is 18.6 Å². The lowest BCUT2D eigenvalue weighted by Gasteiger charge is -2.35. The Balaban J connectivity index is 0.00000420. The molecule has 0 saturated carbocycles. The van der Waals surface area contributed by atoms with E-state index in [9.17, 15) is 13.2 Å². The van der Waals surface area contributed by atoms with Crippen molar-refractivity contribution in [2.45, 2.75) is 12.7 Å². The summed E-state index contributed by atoms with van der Waals surface area (Å²) in [5, 5.41) is 9.52. The summed E-state index contributed by atoms with van der Waals surface area (Å²) >= 11 is 0. The molecule has 1 aliphatic heterocycles. The number of nitrogens with one attached hydrogen (secondary N) is 2. The fourth-order valence-corrected chi connectivity index (χ4v) is 4.11. The van der Waals surface area contributed by atoms with E-state index in [1.54, 1.807) is 13.2 Å². The molecule has 1 saturated heterocycles. The summed E-state index contributed by atoms with van der Waals surface area (Å²) in [5.41, 5.74) is 0.386. The van der Waals surface area contributed by atoms with Gasteiger partial charge in [-0.15, -0.1) is 24.0 Å². The number of methoxy groups -OCH3 is 1. The van der Waals surface area contributed by atoms with Gasteiger partial charge in [-0.2, -0.15) is 4.31 Å². The maximum Gasteiger partial charge on any atom is 0.241 e. The van der Waals surface area contributed by atoms with Gasteiger partial charge < -0.3 is 24.8 Å². The molecule has 2 heterocycles. The van der Waals surface area contributed by atoms with Crippen LogP contribution < -0.4 is 10.6 Å². The lowest BCUT2D eigenvalue weighted by Crippen LogP contribution is -2.54. The van der Waals surface area contributed by atoms with Crippen molar-refractivity contribution < 1.29 is 22.5 Å². The van der Waals surface area contributed by atoms with Crippen LogP contribution in [-0.4, -0.2) is 94.2 Å². The summed E-state index contributed by atoms with van der Waals surface area (Å²) in [5.74, 6) is 0.221. The topological polar surface area (TPSA) is 129 Å². The van der Waals surface area contributed by atoms with Crippen LogP contribution >= 0.6 is 24.0 Å². The molecule has 1 amide bonds. The number of halogens is 1. The van der Waals surface area contributed by atoms with Gasteiger partial charge in [-0.05, 0) is 6.92 Å². The molecular formula is C16H29IN6O5S. The first-order chi connectivity index (χ1) is 13.5. The first-order valence-electron chi connectivity index (χ1n) is 9.12. The minimum Gasteiger partial charge on any atom is -0.383 e. The monoisotopic (exact) mass is 544 g/mol. The number of carbonyl (C=O) groups is 1. The Morgan fingerprint density at radius 2 is 2.03 bits per heavy atom. The van der Waals surface area contributed by atoms with Crippen LogP contribution in [0.4, 0.5) is 0 Å². The Kier molecular flexibility index (Phi) is 11.4. The molecule has 13 heteroatoms. The third kappa shape index (κ3) is 8.44. The number of aliphatic imine (C=N–C) groups is 1. The van der Waals surface area contributed by atoms with Crippen molar-refractivity contribution >= 4 is 45.9 Å². The van der Waals surface area contributed by atoms with E-state index in [1.165, 1.54) is 10.6 Å². The summed E-state index contributed by atoms with van der Waals surface area (Å²) in [6.45, 7) is 5.10. The van der Waals surface area contributed by atoms with Crippen molar-refractivity contribution in [3.05, 3.63) is 18.0 Å². The molecule has 0 unspecified atom stereocenters. The lowest BCUT2D eigenvalue weighted by molar-refractivity contribution is -0.119. The molecule has 0 atom stereocenters. The highest BCUT2D eigenvalue weighted by atomic mass is 127. The minimum absolute atomic E-state index is 0. The van der Waals surface area contributed by atoms with E-state index in [-0.39, 0.29) is 42.2 Å². The molecule has 0 aliphatic carbocycles. The average molecular weight is 544 g/mol. The molecule has 11 nitrogen and oxygen atoms in total. The smallest absolute Gasteiger partial charge is 0.241 e. The summed E-state index contributed by atoms with van der Waals surface area (Å²) in [6.07, 6.45) is 1.35. The summed E-state index contributed by atoms with van der Waals surface area (Å²) in [4.78, 5) is 18.1. The zero-order valence-corrected chi connectivity index (χ0v) is 19.8. The fourth-order valence-electron chi connectivity index (χ4n) is 2.69. The first kappa shape index (κ1) is 25.6. The number of amides is 1. The van der Waals surface area contributed by atoms with E-state index in [0.29, 0.717) is 57.5 Å².